The molecule has 3 fully saturated rings. The molecule has 0 radical (unpaired) electrons. The van der Waals surface area contributed by atoms with E-state index < -0.39 is 0 Å². The Morgan fingerprint density at radius 3 is 2.28 bits per heavy atom. The molecule has 0 atom stereocenters. The van der Waals surface area contributed by atoms with Crippen molar-refractivity contribution in [3.8, 4) is 0 Å². The average molecular weight is 251 g/mol. The molecule has 104 valence electrons. The zero-order valence-corrected chi connectivity index (χ0v) is 11.8. The summed E-state index contributed by atoms with van der Waals surface area (Å²) >= 11 is 0. The molecule has 0 aromatic carbocycles. The van der Waals surface area contributed by atoms with E-state index in [1.54, 1.807) is 0 Å². The predicted octanol–water partition coefficient (Wildman–Crippen LogP) is 1.55. The van der Waals surface area contributed by atoms with Gasteiger partial charge in [0.2, 0.25) is 0 Å². The SMILES string of the molecule is C1CCC2(CC1)CCN(CCN1CCNCC1)C2. The van der Waals surface area contributed by atoms with Crippen LogP contribution in [-0.2, 0) is 0 Å². The molecule has 2 saturated heterocycles. The number of hydrogen-bond acceptors (Lipinski definition) is 3. The van der Waals surface area contributed by atoms with Crippen molar-refractivity contribution < 1.29 is 0 Å². The molecular weight excluding hydrogens is 222 g/mol. The lowest BCUT2D eigenvalue weighted by atomic mass is 9.73. The van der Waals surface area contributed by atoms with Gasteiger partial charge in [-0.1, -0.05) is 19.3 Å². The minimum atomic E-state index is 0.738. The predicted molar refractivity (Wildman–Crippen MR) is 75.9 cm³/mol. The fourth-order valence-electron chi connectivity index (χ4n) is 4.15. The Morgan fingerprint density at radius 2 is 1.50 bits per heavy atom. The zero-order valence-electron chi connectivity index (χ0n) is 11.8. The molecule has 0 bridgehead atoms. The van der Waals surface area contributed by atoms with E-state index in [2.05, 4.69) is 15.1 Å². The molecule has 0 unspecified atom stereocenters. The van der Waals surface area contributed by atoms with Crippen LogP contribution in [0.5, 0.6) is 0 Å². The highest BCUT2D eigenvalue weighted by Gasteiger charge is 2.38. The molecule has 1 aliphatic carbocycles. The molecule has 0 aromatic heterocycles. The summed E-state index contributed by atoms with van der Waals surface area (Å²) in [6, 6.07) is 0. The maximum absolute atomic E-state index is 3.43. The molecule has 2 heterocycles. The standard InChI is InChI=1S/C15H29N3/c1-2-4-15(5-3-1)6-9-18(14-15)13-12-17-10-7-16-8-11-17/h16H,1-14H2. The van der Waals surface area contributed by atoms with Crippen LogP contribution >= 0.6 is 0 Å². The second-order valence-corrected chi connectivity index (χ2v) is 6.68. The van der Waals surface area contributed by atoms with Crippen molar-refractivity contribution in [2.45, 2.75) is 38.5 Å². The van der Waals surface area contributed by atoms with Crippen LogP contribution in [-0.4, -0.2) is 62.2 Å². The second kappa shape index (κ2) is 5.89. The molecule has 1 N–H and O–H groups in total. The van der Waals surface area contributed by atoms with Gasteiger partial charge in [-0.05, 0) is 31.2 Å². The van der Waals surface area contributed by atoms with Gasteiger partial charge >= 0.3 is 0 Å². The summed E-state index contributed by atoms with van der Waals surface area (Å²) in [5.41, 5.74) is 0.738. The number of likely N-dealkylation sites (tertiary alicyclic amines) is 1. The number of hydrogen-bond donors (Lipinski definition) is 1. The first kappa shape index (κ1) is 12.9. The molecular formula is C15H29N3. The van der Waals surface area contributed by atoms with Gasteiger partial charge < -0.3 is 10.2 Å². The van der Waals surface area contributed by atoms with Gasteiger partial charge in [0, 0.05) is 45.8 Å². The van der Waals surface area contributed by atoms with Crippen LogP contribution in [0, 0.1) is 5.41 Å². The molecule has 3 heteroatoms. The third-order valence-electron chi connectivity index (χ3n) is 5.37. The highest BCUT2D eigenvalue weighted by atomic mass is 15.2. The highest BCUT2D eigenvalue weighted by Crippen LogP contribution is 2.43. The van der Waals surface area contributed by atoms with Crippen LogP contribution in [0.1, 0.15) is 38.5 Å². The minimum Gasteiger partial charge on any atom is -0.314 e. The lowest BCUT2D eigenvalue weighted by molar-refractivity contribution is 0.167. The summed E-state index contributed by atoms with van der Waals surface area (Å²) < 4.78 is 0. The Labute approximate surface area is 112 Å². The first-order valence-electron chi connectivity index (χ1n) is 8.02. The van der Waals surface area contributed by atoms with Gasteiger partial charge in [0.05, 0.1) is 0 Å². The minimum absolute atomic E-state index is 0.738. The summed E-state index contributed by atoms with van der Waals surface area (Å²) in [5, 5.41) is 3.43. The maximum atomic E-state index is 3.43. The van der Waals surface area contributed by atoms with Gasteiger partial charge in [-0.2, -0.15) is 0 Å². The number of rotatable bonds is 3. The fraction of sp³-hybridized carbons (Fsp3) is 1.00. The van der Waals surface area contributed by atoms with Crippen LogP contribution in [0.3, 0.4) is 0 Å². The van der Waals surface area contributed by atoms with Gasteiger partial charge in [0.1, 0.15) is 0 Å². The third kappa shape index (κ3) is 3.06. The number of nitrogens with zero attached hydrogens (tertiary/aromatic N) is 2. The summed E-state index contributed by atoms with van der Waals surface area (Å²) in [6.45, 7) is 10.2. The Balaban J connectivity index is 1.41. The molecule has 18 heavy (non-hydrogen) atoms. The highest BCUT2D eigenvalue weighted by molar-refractivity contribution is 4.92. The Hall–Kier alpha value is -0.120. The molecule has 1 saturated carbocycles. The normalized spacial score (nSPS) is 30.0. The zero-order chi connectivity index (χ0) is 12.3. The van der Waals surface area contributed by atoms with Crippen molar-refractivity contribution in [3.63, 3.8) is 0 Å². The van der Waals surface area contributed by atoms with Crippen LogP contribution < -0.4 is 5.32 Å². The average Bonchev–Trinajstić information content (AvgIpc) is 2.82. The molecule has 1 spiro atoms. The summed E-state index contributed by atoms with van der Waals surface area (Å²) in [4.78, 5) is 5.37. The number of piperazine rings is 1. The molecule has 0 amide bonds. The largest absolute Gasteiger partial charge is 0.314 e. The Bertz CT molecular complexity index is 254. The molecule has 3 aliphatic rings. The van der Waals surface area contributed by atoms with Crippen molar-refractivity contribution in [2.75, 3.05) is 52.4 Å². The Kier molecular flexibility index (Phi) is 4.22. The van der Waals surface area contributed by atoms with Gasteiger partial charge in [0.25, 0.3) is 0 Å². The van der Waals surface area contributed by atoms with E-state index in [0.29, 0.717) is 0 Å². The smallest absolute Gasteiger partial charge is 0.0110 e. The summed E-state index contributed by atoms with van der Waals surface area (Å²) in [7, 11) is 0. The Morgan fingerprint density at radius 1 is 0.778 bits per heavy atom. The van der Waals surface area contributed by atoms with E-state index >= 15 is 0 Å². The van der Waals surface area contributed by atoms with Crippen LogP contribution in [0.4, 0.5) is 0 Å². The molecule has 0 aromatic rings. The van der Waals surface area contributed by atoms with Crippen molar-refractivity contribution in [1.82, 2.24) is 15.1 Å². The topological polar surface area (TPSA) is 18.5 Å². The molecule has 3 nitrogen and oxygen atoms in total. The van der Waals surface area contributed by atoms with Crippen molar-refractivity contribution in [1.29, 1.82) is 0 Å². The van der Waals surface area contributed by atoms with Crippen LogP contribution in [0.25, 0.3) is 0 Å². The van der Waals surface area contributed by atoms with Crippen LogP contribution in [0.2, 0.25) is 0 Å². The van der Waals surface area contributed by atoms with E-state index in [-0.39, 0.29) is 0 Å². The van der Waals surface area contributed by atoms with E-state index in [0.717, 1.165) is 5.41 Å². The molecule has 3 rings (SSSR count). The van der Waals surface area contributed by atoms with Gasteiger partial charge in [-0.25, -0.2) is 0 Å². The van der Waals surface area contributed by atoms with Crippen LogP contribution in [0.15, 0.2) is 0 Å². The van der Waals surface area contributed by atoms with E-state index in [4.69, 9.17) is 0 Å². The first-order chi connectivity index (χ1) is 8.86. The number of nitrogens with one attached hydrogen (secondary N) is 1. The fourth-order valence-corrected chi connectivity index (χ4v) is 4.15. The van der Waals surface area contributed by atoms with E-state index in [9.17, 15) is 0 Å². The monoisotopic (exact) mass is 251 g/mol. The lowest BCUT2D eigenvalue weighted by Crippen LogP contribution is -2.46. The third-order valence-corrected chi connectivity index (χ3v) is 5.37. The van der Waals surface area contributed by atoms with E-state index in [1.807, 2.05) is 0 Å². The molecule has 2 aliphatic heterocycles. The maximum Gasteiger partial charge on any atom is 0.0110 e. The summed E-state index contributed by atoms with van der Waals surface area (Å²) in [5.74, 6) is 0. The van der Waals surface area contributed by atoms with Crippen molar-refractivity contribution in [2.24, 2.45) is 5.41 Å². The lowest BCUT2D eigenvalue weighted by Gasteiger charge is -2.34. The van der Waals surface area contributed by atoms with Crippen molar-refractivity contribution >= 4 is 0 Å². The van der Waals surface area contributed by atoms with Gasteiger partial charge in [-0.3, -0.25) is 4.90 Å². The van der Waals surface area contributed by atoms with Gasteiger partial charge in [-0.15, -0.1) is 0 Å². The van der Waals surface area contributed by atoms with Gasteiger partial charge in [0.15, 0.2) is 0 Å². The quantitative estimate of drug-likeness (QED) is 0.821. The summed E-state index contributed by atoms with van der Waals surface area (Å²) in [6.07, 6.45) is 8.97. The first-order valence-corrected chi connectivity index (χ1v) is 8.02. The van der Waals surface area contributed by atoms with Crippen molar-refractivity contribution in [3.05, 3.63) is 0 Å². The van der Waals surface area contributed by atoms with E-state index in [1.165, 1.54) is 90.9 Å². The second-order valence-electron chi connectivity index (χ2n) is 6.68.